The zero-order valence-electron chi connectivity index (χ0n) is 8.28. The van der Waals surface area contributed by atoms with E-state index in [-0.39, 0.29) is 6.04 Å². The smallest absolute Gasteiger partial charge is 0.123 e. The predicted octanol–water partition coefficient (Wildman–Crippen LogP) is 2.12. The second kappa shape index (κ2) is 4.06. The van der Waals surface area contributed by atoms with Gasteiger partial charge in [-0.2, -0.15) is 5.26 Å². The molecule has 1 rings (SSSR count). The van der Waals surface area contributed by atoms with E-state index < -0.39 is 0 Å². The molecule has 0 aliphatic carbocycles. The van der Waals surface area contributed by atoms with Crippen molar-refractivity contribution in [2.24, 2.45) is 0 Å². The number of hydrogen-bond acceptors (Lipinski definition) is 2. The average molecular weight is 174 g/mol. The number of nitriles is 1. The van der Waals surface area contributed by atoms with Crippen molar-refractivity contribution in [1.82, 2.24) is 4.90 Å². The molecular weight excluding hydrogens is 160 g/mol. The second-order valence-electron chi connectivity index (χ2n) is 3.35. The Hall–Kier alpha value is -1.33. The van der Waals surface area contributed by atoms with Crippen molar-refractivity contribution in [3.63, 3.8) is 0 Å². The molecule has 0 aromatic heterocycles. The van der Waals surface area contributed by atoms with E-state index in [1.807, 2.05) is 50.2 Å². The minimum atomic E-state index is -0.138. The number of nitrogens with zero attached hydrogens (tertiary/aromatic N) is 2. The lowest BCUT2D eigenvalue weighted by Crippen LogP contribution is -2.18. The molecule has 68 valence electrons. The molecule has 0 N–H and O–H groups in total. The largest absolute Gasteiger partial charge is 0.291 e. The van der Waals surface area contributed by atoms with Crippen molar-refractivity contribution < 1.29 is 0 Å². The van der Waals surface area contributed by atoms with Crippen molar-refractivity contribution in [1.29, 1.82) is 5.26 Å². The summed E-state index contributed by atoms with van der Waals surface area (Å²) in [7, 11) is 3.83. The Labute approximate surface area is 79.4 Å². The fourth-order valence-corrected chi connectivity index (χ4v) is 1.36. The highest BCUT2D eigenvalue weighted by atomic mass is 15.1. The third kappa shape index (κ3) is 2.07. The van der Waals surface area contributed by atoms with Crippen LogP contribution in [0.15, 0.2) is 24.3 Å². The van der Waals surface area contributed by atoms with Crippen LogP contribution in [0.5, 0.6) is 0 Å². The average Bonchev–Trinajstić information content (AvgIpc) is 2.09. The molecule has 2 nitrogen and oxygen atoms in total. The maximum absolute atomic E-state index is 8.98. The van der Waals surface area contributed by atoms with Crippen LogP contribution in [0.2, 0.25) is 0 Å². The first-order valence-electron chi connectivity index (χ1n) is 4.28. The van der Waals surface area contributed by atoms with E-state index in [0.717, 1.165) is 5.56 Å². The van der Waals surface area contributed by atoms with Crippen LogP contribution in [0, 0.1) is 18.3 Å². The maximum atomic E-state index is 8.98. The van der Waals surface area contributed by atoms with Gasteiger partial charge in [0.25, 0.3) is 0 Å². The zero-order chi connectivity index (χ0) is 9.84. The van der Waals surface area contributed by atoms with Crippen LogP contribution in [0.4, 0.5) is 0 Å². The van der Waals surface area contributed by atoms with Gasteiger partial charge in [0, 0.05) is 0 Å². The first kappa shape index (κ1) is 9.76. The normalized spacial score (nSPS) is 12.5. The number of benzene rings is 1. The Kier molecular flexibility index (Phi) is 3.05. The Morgan fingerprint density at radius 3 is 2.38 bits per heavy atom. The van der Waals surface area contributed by atoms with Crippen molar-refractivity contribution in [2.75, 3.05) is 14.1 Å². The predicted molar refractivity (Wildman–Crippen MR) is 53.2 cm³/mol. The molecule has 0 heterocycles. The van der Waals surface area contributed by atoms with Gasteiger partial charge < -0.3 is 0 Å². The first-order chi connectivity index (χ1) is 6.16. The molecule has 0 aliphatic heterocycles. The molecule has 1 unspecified atom stereocenters. The minimum absolute atomic E-state index is 0.138. The van der Waals surface area contributed by atoms with Crippen molar-refractivity contribution in [3.05, 3.63) is 35.4 Å². The highest BCUT2D eigenvalue weighted by Gasteiger charge is 2.13. The van der Waals surface area contributed by atoms with Gasteiger partial charge in [0.2, 0.25) is 0 Å². The Bertz CT molecular complexity index is 323. The monoisotopic (exact) mass is 174 g/mol. The van der Waals surface area contributed by atoms with Gasteiger partial charge in [-0.15, -0.1) is 0 Å². The lowest BCUT2D eigenvalue weighted by atomic mass is 10.0. The van der Waals surface area contributed by atoms with Gasteiger partial charge in [0.05, 0.1) is 6.07 Å². The summed E-state index contributed by atoms with van der Waals surface area (Å²) < 4.78 is 0. The molecule has 0 radical (unpaired) electrons. The zero-order valence-corrected chi connectivity index (χ0v) is 8.28. The van der Waals surface area contributed by atoms with E-state index in [4.69, 9.17) is 5.26 Å². The van der Waals surface area contributed by atoms with Crippen LogP contribution in [-0.2, 0) is 0 Å². The molecule has 1 aromatic carbocycles. The summed E-state index contributed by atoms with van der Waals surface area (Å²) in [5.74, 6) is 0. The highest BCUT2D eigenvalue weighted by Crippen LogP contribution is 2.20. The lowest BCUT2D eigenvalue weighted by molar-refractivity contribution is 0.357. The lowest BCUT2D eigenvalue weighted by Gasteiger charge is -2.18. The summed E-state index contributed by atoms with van der Waals surface area (Å²) in [6.45, 7) is 2.03. The summed E-state index contributed by atoms with van der Waals surface area (Å²) >= 11 is 0. The summed E-state index contributed by atoms with van der Waals surface area (Å²) in [5, 5.41) is 8.98. The minimum Gasteiger partial charge on any atom is -0.291 e. The van der Waals surface area contributed by atoms with E-state index in [1.54, 1.807) is 0 Å². The molecular formula is C11H14N2. The molecule has 0 bridgehead atoms. The molecule has 1 aromatic rings. The highest BCUT2D eigenvalue weighted by molar-refractivity contribution is 5.31. The second-order valence-corrected chi connectivity index (χ2v) is 3.35. The van der Waals surface area contributed by atoms with E-state index in [1.165, 1.54) is 5.56 Å². The Balaban J connectivity index is 3.07. The van der Waals surface area contributed by atoms with E-state index in [0.29, 0.717) is 0 Å². The van der Waals surface area contributed by atoms with Gasteiger partial charge >= 0.3 is 0 Å². The van der Waals surface area contributed by atoms with Crippen molar-refractivity contribution >= 4 is 0 Å². The number of hydrogen-bond donors (Lipinski definition) is 0. The molecule has 0 spiro atoms. The van der Waals surface area contributed by atoms with Crippen molar-refractivity contribution in [2.45, 2.75) is 13.0 Å². The molecule has 13 heavy (non-hydrogen) atoms. The molecule has 0 saturated carbocycles. The van der Waals surface area contributed by atoms with Crippen LogP contribution >= 0.6 is 0 Å². The summed E-state index contributed by atoms with van der Waals surface area (Å²) in [5.41, 5.74) is 2.26. The van der Waals surface area contributed by atoms with Gasteiger partial charge in [0.1, 0.15) is 6.04 Å². The van der Waals surface area contributed by atoms with E-state index in [9.17, 15) is 0 Å². The van der Waals surface area contributed by atoms with Crippen molar-refractivity contribution in [3.8, 4) is 6.07 Å². The van der Waals surface area contributed by atoms with Gasteiger partial charge in [-0.05, 0) is 32.1 Å². The fraction of sp³-hybridized carbons (Fsp3) is 0.364. The van der Waals surface area contributed by atoms with Crippen LogP contribution in [0.1, 0.15) is 17.2 Å². The van der Waals surface area contributed by atoms with E-state index in [2.05, 4.69) is 6.07 Å². The topological polar surface area (TPSA) is 27.0 Å². The first-order valence-corrected chi connectivity index (χ1v) is 4.28. The van der Waals surface area contributed by atoms with Gasteiger partial charge in [0.15, 0.2) is 0 Å². The van der Waals surface area contributed by atoms with E-state index >= 15 is 0 Å². The molecule has 0 saturated heterocycles. The van der Waals surface area contributed by atoms with Crippen LogP contribution in [0.3, 0.4) is 0 Å². The summed E-state index contributed by atoms with van der Waals surface area (Å²) in [4.78, 5) is 1.92. The maximum Gasteiger partial charge on any atom is 0.123 e. The summed E-state index contributed by atoms with van der Waals surface area (Å²) in [6, 6.07) is 10.1. The standard InChI is InChI=1S/C11H14N2/c1-9-6-4-5-7-10(9)11(8-12)13(2)3/h4-7,11H,1-3H3. The number of rotatable bonds is 2. The third-order valence-electron chi connectivity index (χ3n) is 2.12. The molecule has 0 aliphatic rings. The molecule has 0 amide bonds. The fourth-order valence-electron chi connectivity index (χ4n) is 1.36. The van der Waals surface area contributed by atoms with Crippen LogP contribution < -0.4 is 0 Å². The Morgan fingerprint density at radius 1 is 1.31 bits per heavy atom. The Morgan fingerprint density at radius 2 is 1.92 bits per heavy atom. The molecule has 1 atom stereocenters. The third-order valence-corrected chi connectivity index (χ3v) is 2.12. The summed E-state index contributed by atoms with van der Waals surface area (Å²) in [6.07, 6.45) is 0. The van der Waals surface area contributed by atoms with Gasteiger partial charge in [-0.25, -0.2) is 0 Å². The molecule has 2 heteroatoms. The van der Waals surface area contributed by atoms with Crippen LogP contribution in [0.25, 0.3) is 0 Å². The van der Waals surface area contributed by atoms with Gasteiger partial charge in [-0.3, -0.25) is 4.90 Å². The van der Waals surface area contributed by atoms with Gasteiger partial charge in [-0.1, -0.05) is 24.3 Å². The quantitative estimate of drug-likeness (QED) is 0.686. The molecule has 0 fully saturated rings. The SMILES string of the molecule is Cc1ccccc1C(C#N)N(C)C. The number of aryl methyl sites for hydroxylation is 1. The van der Waals surface area contributed by atoms with Crippen LogP contribution in [-0.4, -0.2) is 19.0 Å².